The van der Waals surface area contributed by atoms with Gasteiger partial charge in [-0.1, -0.05) is 19.9 Å². The molecule has 0 radical (unpaired) electrons. The van der Waals surface area contributed by atoms with E-state index in [2.05, 4.69) is 5.32 Å². The molecule has 120 valence electrons. The molecule has 0 spiro atoms. The van der Waals surface area contributed by atoms with Crippen LogP contribution in [0.4, 0.5) is 0 Å². The molecule has 0 saturated carbocycles. The lowest BCUT2D eigenvalue weighted by Gasteiger charge is -2.23. The maximum absolute atomic E-state index is 11.4. The molecule has 21 heavy (non-hydrogen) atoms. The summed E-state index contributed by atoms with van der Waals surface area (Å²) in [4.78, 5) is 33.1. The molecule has 0 heterocycles. The second kappa shape index (κ2) is 9.79. The van der Waals surface area contributed by atoms with Crippen molar-refractivity contribution in [2.45, 2.75) is 52.0 Å². The van der Waals surface area contributed by atoms with E-state index >= 15 is 0 Å². The number of allylic oxidation sites excluding steroid dienone is 2. The Morgan fingerprint density at radius 1 is 1.05 bits per heavy atom. The molecule has 7 heteroatoms. The van der Waals surface area contributed by atoms with Crippen LogP contribution in [-0.4, -0.2) is 23.8 Å². The average molecular weight is 298 g/mol. The third kappa shape index (κ3) is 8.67. The molecule has 3 amide bonds. The fraction of sp³-hybridized carbons (Fsp3) is 0.643. The highest BCUT2D eigenvalue weighted by Crippen LogP contribution is 2.16. The number of carbonyl (C=O) groups excluding carboxylic acids is 3. The lowest BCUT2D eigenvalue weighted by atomic mass is 9.98. The van der Waals surface area contributed by atoms with E-state index < -0.39 is 17.9 Å². The van der Waals surface area contributed by atoms with Crippen molar-refractivity contribution in [1.82, 2.24) is 5.32 Å². The van der Waals surface area contributed by atoms with Gasteiger partial charge < -0.3 is 22.5 Å². The van der Waals surface area contributed by atoms with Gasteiger partial charge in [0.15, 0.2) is 0 Å². The lowest BCUT2D eigenvalue weighted by molar-refractivity contribution is -0.121. The minimum atomic E-state index is -0.661. The molecule has 0 aromatic carbocycles. The molecule has 0 aliphatic rings. The fourth-order valence-electron chi connectivity index (χ4n) is 1.91. The molecule has 0 aliphatic heterocycles. The number of carbonyl (C=O) groups is 3. The quantitative estimate of drug-likeness (QED) is 0.422. The van der Waals surface area contributed by atoms with Crippen LogP contribution in [-0.2, 0) is 14.4 Å². The van der Waals surface area contributed by atoms with E-state index in [0.717, 1.165) is 12.1 Å². The molecule has 7 N–H and O–H groups in total. The fourth-order valence-corrected chi connectivity index (χ4v) is 1.91. The van der Waals surface area contributed by atoms with Crippen LogP contribution in [0.2, 0.25) is 0 Å². The normalized spacial score (nSPS) is 14.3. The number of rotatable bonds is 11. The molecule has 0 aromatic heterocycles. The van der Waals surface area contributed by atoms with E-state index in [0.29, 0.717) is 6.42 Å². The van der Waals surface area contributed by atoms with E-state index in [1.807, 2.05) is 19.9 Å². The van der Waals surface area contributed by atoms with Gasteiger partial charge in [0.25, 0.3) is 0 Å². The predicted octanol–water partition coefficient (Wildman–Crippen LogP) is -0.109. The van der Waals surface area contributed by atoms with Crippen LogP contribution >= 0.6 is 0 Å². The second-order valence-corrected chi connectivity index (χ2v) is 5.08. The first kappa shape index (κ1) is 18.9. The summed E-state index contributed by atoms with van der Waals surface area (Å²) in [5.41, 5.74) is 16.4. The van der Waals surface area contributed by atoms with E-state index in [1.165, 1.54) is 0 Å². The van der Waals surface area contributed by atoms with Gasteiger partial charge in [-0.15, -0.1) is 0 Å². The second-order valence-electron chi connectivity index (χ2n) is 5.08. The van der Waals surface area contributed by atoms with Crippen LogP contribution in [0, 0.1) is 5.92 Å². The van der Waals surface area contributed by atoms with Gasteiger partial charge in [0.2, 0.25) is 17.7 Å². The first-order chi connectivity index (χ1) is 9.77. The predicted molar refractivity (Wildman–Crippen MR) is 80.5 cm³/mol. The first-order valence-electron chi connectivity index (χ1n) is 7.10. The van der Waals surface area contributed by atoms with Gasteiger partial charge >= 0.3 is 0 Å². The maximum Gasteiger partial charge on any atom is 0.239 e. The number of hydrogen-bond acceptors (Lipinski definition) is 4. The van der Waals surface area contributed by atoms with Crippen molar-refractivity contribution in [1.29, 1.82) is 0 Å². The molecular weight excluding hydrogens is 272 g/mol. The van der Waals surface area contributed by atoms with Crippen molar-refractivity contribution in [3.8, 4) is 0 Å². The highest BCUT2D eigenvalue weighted by atomic mass is 16.2. The Bertz CT molecular complexity index is 407. The van der Waals surface area contributed by atoms with Crippen LogP contribution in [0.1, 0.15) is 46.0 Å². The van der Waals surface area contributed by atoms with Crippen molar-refractivity contribution in [3.05, 3.63) is 11.8 Å². The summed E-state index contributed by atoms with van der Waals surface area (Å²) in [5, 5.41) is 3.06. The highest BCUT2D eigenvalue weighted by molar-refractivity contribution is 5.81. The van der Waals surface area contributed by atoms with E-state index in [9.17, 15) is 14.4 Å². The molecule has 0 rings (SSSR count). The monoisotopic (exact) mass is 298 g/mol. The van der Waals surface area contributed by atoms with Crippen molar-refractivity contribution in [2.75, 3.05) is 0 Å². The summed E-state index contributed by atoms with van der Waals surface area (Å²) < 4.78 is 0. The maximum atomic E-state index is 11.4. The van der Waals surface area contributed by atoms with Crippen molar-refractivity contribution >= 4 is 17.7 Å². The average Bonchev–Trinajstić information content (AvgIpc) is 2.38. The first-order valence-corrected chi connectivity index (χ1v) is 7.10. The van der Waals surface area contributed by atoms with Crippen LogP contribution < -0.4 is 22.5 Å². The molecule has 0 aliphatic carbocycles. The highest BCUT2D eigenvalue weighted by Gasteiger charge is 2.19. The van der Waals surface area contributed by atoms with Crippen LogP contribution in [0.25, 0.3) is 0 Å². The Hall–Kier alpha value is -2.05. The van der Waals surface area contributed by atoms with Gasteiger partial charge in [-0.2, -0.15) is 0 Å². The van der Waals surface area contributed by atoms with Gasteiger partial charge in [0.1, 0.15) is 6.04 Å². The minimum absolute atomic E-state index is 0.0351. The van der Waals surface area contributed by atoms with Gasteiger partial charge in [-0.3, -0.25) is 14.4 Å². The summed E-state index contributed by atoms with van der Waals surface area (Å²) in [6.07, 6.45) is 3.88. The number of nitrogens with one attached hydrogen (secondary N) is 1. The zero-order valence-electron chi connectivity index (χ0n) is 12.7. The third-order valence-electron chi connectivity index (χ3n) is 3.14. The van der Waals surface area contributed by atoms with Gasteiger partial charge in [-0.05, 0) is 25.2 Å². The SMILES string of the molecule is CC/C=C(/NC(CCC(N)=O)C(N)=O)C(C)CCC(N)=O. The van der Waals surface area contributed by atoms with E-state index in [1.54, 1.807) is 0 Å². The minimum Gasteiger partial charge on any atom is -0.377 e. The molecule has 0 aromatic rings. The standard InChI is InChI=1S/C14H26N4O3/c1-3-4-10(9(2)5-7-12(15)19)18-11(14(17)21)6-8-13(16)20/h4,9,11,18H,3,5-8H2,1-2H3,(H2,15,19)(H2,16,20)(H2,17,21)/b10-4+. The number of hydrogen-bond donors (Lipinski definition) is 4. The summed E-state index contributed by atoms with van der Waals surface area (Å²) in [6, 6.07) is -0.661. The van der Waals surface area contributed by atoms with Crippen molar-refractivity contribution in [3.63, 3.8) is 0 Å². The Labute approximate surface area is 125 Å². The molecule has 2 atom stereocenters. The largest absolute Gasteiger partial charge is 0.377 e. The Morgan fingerprint density at radius 2 is 1.57 bits per heavy atom. The number of nitrogens with two attached hydrogens (primary N) is 3. The van der Waals surface area contributed by atoms with Gasteiger partial charge in [0, 0.05) is 18.5 Å². The zero-order chi connectivity index (χ0) is 16.4. The van der Waals surface area contributed by atoms with Crippen LogP contribution in [0.3, 0.4) is 0 Å². The van der Waals surface area contributed by atoms with Crippen molar-refractivity contribution < 1.29 is 14.4 Å². The molecule has 0 fully saturated rings. The Morgan fingerprint density at radius 3 is 2.00 bits per heavy atom. The van der Waals surface area contributed by atoms with Gasteiger partial charge in [-0.25, -0.2) is 0 Å². The van der Waals surface area contributed by atoms with E-state index in [4.69, 9.17) is 17.2 Å². The van der Waals surface area contributed by atoms with E-state index in [-0.39, 0.29) is 31.1 Å². The van der Waals surface area contributed by atoms with Crippen LogP contribution in [0.5, 0.6) is 0 Å². The van der Waals surface area contributed by atoms with Crippen molar-refractivity contribution in [2.24, 2.45) is 23.1 Å². The molecular formula is C14H26N4O3. The molecule has 2 unspecified atom stereocenters. The smallest absolute Gasteiger partial charge is 0.239 e. The molecule has 7 nitrogen and oxygen atoms in total. The Balaban J connectivity index is 4.77. The third-order valence-corrected chi connectivity index (χ3v) is 3.14. The summed E-state index contributed by atoms with van der Waals surface area (Å²) >= 11 is 0. The number of primary amides is 3. The summed E-state index contributed by atoms with van der Waals surface area (Å²) in [5.74, 6) is -1.35. The molecule has 0 bridgehead atoms. The molecule has 0 saturated heterocycles. The summed E-state index contributed by atoms with van der Waals surface area (Å²) in [7, 11) is 0. The number of amides is 3. The Kier molecular flexibility index (Phi) is 8.84. The van der Waals surface area contributed by atoms with Gasteiger partial charge in [0.05, 0.1) is 0 Å². The lowest BCUT2D eigenvalue weighted by Crippen LogP contribution is -2.42. The zero-order valence-corrected chi connectivity index (χ0v) is 12.7. The summed E-state index contributed by atoms with van der Waals surface area (Å²) in [6.45, 7) is 3.90. The topological polar surface area (TPSA) is 141 Å². The van der Waals surface area contributed by atoms with Crippen LogP contribution in [0.15, 0.2) is 11.8 Å².